The number of Topliss-reactive ketones (excluding diaryl/α,β-unsaturated/α-hetero) is 1. The van der Waals surface area contributed by atoms with Gasteiger partial charge in [-0.05, 0) is 36.1 Å². The van der Waals surface area contributed by atoms with Crippen LogP contribution in [0, 0.1) is 0 Å². The molecule has 11 rings (SSSR count). The number of fused-ring (bicyclic) bond motifs is 18. The van der Waals surface area contributed by atoms with E-state index < -0.39 is 5.60 Å². The molecule has 0 amide bonds. The third kappa shape index (κ3) is 3.42. The summed E-state index contributed by atoms with van der Waals surface area (Å²) in [6.07, 6.45) is 0.643. The maximum Gasteiger partial charge on any atom is 0.231 e. The van der Waals surface area contributed by atoms with Crippen LogP contribution in [0.3, 0.4) is 0 Å². The van der Waals surface area contributed by atoms with E-state index in [0.717, 1.165) is 16.3 Å². The van der Waals surface area contributed by atoms with Gasteiger partial charge in [-0.1, -0.05) is 0 Å². The van der Waals surface area contributed by atoms with Gasteiger partial charge in [-0.25, -0.2) is 0 Å². The molecule has 5 heterocycles. The van der Waals surface area contributed by atoms with Gasteiger partial charge in [-0.15, -0.1) is 0 Å². The minimum atomic E-state index is -1.58. The van der Waals surface area contributed by atoms with Crippen molar-refractivity contribution in [3.8, 4) is 85.9 Å². The largest absolute Gasteiger partial charge is 0.493 e. The number of carbonyl (C=O) groups excluding carboxylic acids is 1. The van der Waals surface area contributed by atoms with Crippen molar-refractivity contribution in [1.29, 1.82) is 0 Å². The lowest BCUT2D eigenvalue weighted by molar-refractivity contribution is 0.0334. The Morgan fingerprint density at radius 2 is 0.981 bits per heavy atom. The van der Waals surface area contributed by atoms with Gasteiger partial charge in [0.25, 0.3) is 0 Å². The molecule has 14 nitrogen and oxygen atoms in total. The fourth-order valence-corrected chi connectivity index (χ4v) is 8.53. The van der Waals surface area contributed by atoms with Crippen LogP contribution in [-0.2, 0) is 12.0 Å². The lowest BCUT2D eigenvalue weighted by Gasteiger charge is -2.43. The normalized spacial score (nSPS) is 19.0. The van der Waals surface area contributed by atoms with Crippen LogP contribution in [0.15, 0.2) is 24.3 Å². The molecule has 1 atom stereocenters. The van der Waals surface area contributed by atoms with Crippen molar-refractivity contribution in [2.75, 3.05) is 55.6 Å². The molecule has 0 radical (unpaired) electrons. The summed E-state index contributed by atoms with van der Waals surface area (Å²) < 4.78 is 78.4. The van der Waals surface area contributed by atoms with E-state index in [1.165, 1.54) is 14.2 Å². The zero-order valence-corrected chi connectivity index (χ0v) is 28.3. The second-order valence-corrected chi connectivity index (χ2v) is 12.8. The maximum absolute atomic E-state index is 15.4. The fourth-order valence-electron chi connectivity index (χ4n) is 8.53. The van der Waals surface area contributed by atoms with Crippen LogP contribution in [0.25, 0.3) is 32.7 Å². The molecule has 5 aliphatic heterocycles. The van der Waals surface area contributed by atoms with E-state index in [4.69, 9.17) is 61.6 Å². The summed E-state index contributed by atoms with van der Waals surface area (Å²) in [6, 6.07) is 7.22. The van der Waals surface area contributed by atoms with Crippen LogP contribution in [-0.4, -0.2) is 61.4 Å². The number of hydrogen-bond acceptors (Lipinski definition) is 14. The Kier molecular flexibility index (Phi) is 5.74. The number of hydrogen-bond donors (Lipinski definition) is 0. The lowest BCUT2D eigenvalue weighted by atomic mass is 9.69. The van der Waals surface area contributed by atoms with E-state index in [1.807, 2.05) is 12.1 Å². The Bertz CT molecular complexity index is 2490. The van der Waals surface area contributed by atoms with Crippen molar-refractivity contribution in [3.63, 3.8) is 0 Å². The van der Waals surface area contributed by atoms with Gasteiger partial charge < -0.3 is 61.6 Å². The highest BCUT2D eigenvalue weighted by Gasteiger charge is 2.55. The third-order valence-corrected chi connectivity index (χ3v) is 10.7. The summed E-state index contributed by atoms with van der Waals surface area (Å²) in [6.45, 7) is -0.0879. The Morgan fingerprint density at radius 3 is 1.58 bits per heavy atom. The summed E-state index contributed by atoms with van der Waals surface area (Å²) in [5.41, 5.74) is 1.20. The van der Waals surface area contributed by atoms with Gasteiger partial charge in [0.2, 0.25) is 56.0 Å². The summed E-state index contributed by atoms with van der Waals surface area (Å²) in [5, 5.41) is 2.81. The van der Waals surface area contributed by atoms with Crippen LogP contribution in [0.5, 0.6) is 74.7 Å². The number of benzene rings is 5. The highest BCUT2D eigenvalue weighted by Crippen LogP contribution is 2.65. The molecule has 0 saturated heterocycles. The summed E-state index contributed by atoms with van der Waals surface area (Å²) in [4.78, 5) is 15.4. The molecule has 14 heteroatoms. The van der Waals surface area contributed by atoms with Crippen LogP contribution >= 0.6 is 0 Å². The van der Waals surface area contributed by atoms with E-state index in [0.29, 0.717) is 114 Å². The van der Waals surface area contributed by atoms with Gasteiger partial charge in [0, 0.05) is 50.4 Å². The van der Waals surface area contributed by atoms with Gasteiger partial charge in [0.1, 0.15) is 5.75 Å². The van der Waals surface area contributed by atoms with Gasteiger partial charge >= 0.3 is 0 Å². The van der Waals surface area contributed by atoms with E-state index in [-0.39, 0.29) is 39.4 Å². The smallest absolute Gasteiger partial charge is 0.231 e. The number of aryl methyl sites for hydroxylation is 1. The third-order valence-electron chi connectivity index (χ3n) is 10.7. The molecule has 5 aromatic carbocycles. The summed E-state index contributed by atoms with van der Waals surface area (Å²) in [7, 11) is 6.19. The zero-order valence-electron chi connectivity index (χ0n) is 28.3. The summed E-state index contributed by atoms with van der Waals surface area (Å²) in [5.74, 6) is 5.31. The molecule has 0 N–H and O–H groups in total. The first-order valence-corrected chi connectivity index (χ1v) is 16.5. The first-order valence-electron chi connectivity index (χ1n) is 16.5. The second kappa shape index (κ2) is 10.1. The number of methoxy groups -OCH3 is 4. The van der Waals surface area contributed by atoms with Gasteiger partial charge in [0.15, 0.2) is 51.6 Å². The van der Waals surface area contributed by atoms with Gasteiger partial charge in [0.05, 0.1) is 28.4 Å². The van der Waals surface area contributed by atoms with Crippen molar-refractivity contribution < 1.29 is 66.4 Å². The lowest BCUT2D eigenvalue weighted by Crippen LogP contribution is -2.47. The van der Waals surface area contributed by atoms with Gasteiger partial charge in [-0.2, -0.15) is 0 Å². The fraction of sp³-hybridized carbons (Fsp3) is 0.289. The van der Waals surface area contributed by atoms with Crippen molar-refractivity contribution in [1.82, 2.24) is 0 Å². The molecule has 0 saturated carbocycles. The zero-order chi connectivity index (χ0) is 35.0. The average molecular weight is 709 g/mol. The minimum absolute atomic E-state index is 0.0164. The Labute approximate surface area is 294 Å². The SMILES string of the molecule is COc1cc2c(c3c1OCO3)-c1c(cc(OC)c3c1OCO3)C1(CCc3c(c4cc(OC)c5c(c4c4c6c(c(OC)cc34)OCO6)OCO5)O1)C2=O. The molecule has 1 unspecified atom stereocenters. The molecule has 0 aromatic heterocycles. The van der Waals surface area contributed by atoms with Crippen LogP contribution in [0.4, 0.5) is 0 Å². The first kappa shape index (κ1) is 29.4. The molecule has 1 aliphatic carbocycles. The van der Waals surface area contributed by atoms with E-state index in [9.17, 15) is 0 Å². The average Bonchev–Trinajstić information content (AvgIpc) is 4.02. The highest BCUT2D eigenvalue weighted by atomic mass is 16.7. The molecule has 1 spiro atoms. The number of ether oxygens (including phenoxy) is 13. The maximum atomic E-state index is 15.4. The predicted octanol–water partition coefficient (Wildman–Crippen LogP) is 6.03. The topological polar surface area (TPSA) is 137 Å². The molecule has 264 valence electrons. The van der Waals surface area contributed by atoms with Crippen LogP contribution in [0.1, 0.15) is 27.9 Å². The molecule has 6 aliphatic rings. The predicted molar refractivity (Wildman–Crippen MR) is 179 cm³/mol. The van der Waals surface area contributed by atoms with Crippen molar-refractivity contribution in [2.45, 2.75) is 18.4 Å². The van der Waals surface area contributed by atoms with E-state index >= 15 is 4.79 Å². The first-order chi connectivity index (χ1) is 25.5. The Morgan fingerprint density at radius 1 is 0.519 bits per heavy atom. The number of carbonyl (C=O) groups is 1. The quantitative estimate of drug-likeness (QED) is 0.201. The minimum Gasteiger partial charge on any atom is -0.493 e. The van der Waals surface area contributed by atoms with E-state index in [1.54, 1.807) is 26.4 Å². The number of rotatable bonds is 4. The molecular weight excluding hydrogens is 680 g/mol. The molecule has 5 aromatic rings. The van der Waals surface area contributed by atoms with Crippen molar-refractivity contribution in [2.24, 2.45) is 0 Å². The van der Waals surface area contributed by atoms with Crippen LogP contribution in [0.2, 0.25) is 0 Å². The summed E-state index contributed by atoms with van der Waals surface area (Å²) >= 11 is 0. The van der Waals surface area contributed by atoms with Gasteiger partial charge in [-0.3, -0.25) is 4.79 Å². The van der Waals surface area contributed by atoms with Crippen molar-refractivity contribution in [3.05, 3.63) is 41.0 Å². The highest BCUT2D eigenvalue weighted by molar-refractivity contribution is 6.21. The van der Waals surface area contributed by atoms with Crippen molar-refractivity contribution >= 4 is 27.3 Å². The second-order valence-electron chi connectivity index (χ2n) is 12.8. The molecule has 0 fully saturated rings. The Balaban J connectivity index is 1.25. The standard InChI is InChI=1S/C38H28O14/c1-40-20-7-16-15-5-6-38(52-28(15)17-8-21(41-2)30-34(49-12-45-30)25(17)24(16)33-29(20)44-11-48-33)19-10-23(43-4)32-36(51-14-47-32)27(19)26-18(37(38)39)9-22(42-3)31-35(26)50-13-46-31/h7-10H,5-6,11-14H2,1-4H3. The molecular formula is C38H28O14. The number of ketones is 1. The van der Waals surface area contributed by atoms with Crippen LogP contribution < -0.4 is 61.6 Å². The molecule has 52 heavy (non-hydrogen) atoms. The monoisotopic (exact) mass is 708 g/mol. The Hall–Kier alpha value is -6.31. The van der Waals surface area contributed by atoms with E-state index in [2.05, 4.69) is 0 Å². The molecule has 0 bridgehead atoms.